The number of alkyl halides is 2. The zero-order valence-electron chi connectivity index (χ0n) is 17.1. The Morgan fingerprint density at radius 2 is 2.03 bits per heavy atom. The van der Waals surface area contributed by atoms with E-state index in [0.29, 0.717) is 24.3 Å². The van der Waals surface area contributed by atoms with E-state index in [1.54, 1.807) is 41.3 Å². The Bertz CT molecular complexity index is 1030. The van der Waals surface area contributed by atoms with Crippen LogP contribution in [0.25, 0.3) is 0 Å². The van der Waals surface area contributed by atoms with Gasteiger partial charge in [-0.1, -0.05) is 18.2 Å². The van der Waals surface area contributed by atoms with Crippen LogP contribution >= 0.6 is 23.1 Å². The van der Waals surface area contributed by atoms with Gasteiger partial charge in [-0.2, -0.15) is 8.78 Å². The summed E-state index contributed by atoms with van der Waals surface area (Å²) in [5, 5.41) is 5.93. The number of rotatable bonds is 10. The maximum absolute atomic E-state index is 12.7. The van der Waals surface area contributed by atoms with Crippen LogP contribution < -0.4 is 14.8 Å². The number of methoxy groups -OCH3 is 1. The summed E-state index contributed by atoms with van der Waals surface area (Å²) in [6, 6.07) is 12.2. The highest BCUT2D eigenvalue weighted by Crippen LogP contribution is 2.30. The first-order valence-corrected chi connectivity index (χ1v) is 11.4. The fraction of sp³-hybridized carbons (Fsp3) is 0.273. The van der Waals surface area contributed by atoms with E-state index >= 15 is 0 Å². The lowest BCUT2D eigenvalue weighted by atomic mass is 10.1. The van der Waals surface area contributed by atoms with E-state index in [9.17, 15) is 13.6 Å². The van der Waals surface area contributed by atoms with E-state index in [2.05, 4.69) is 15.0 Å². The van der Waals surface area contributed by atoms with E-state index in [4.69, 9.17) is 4.74 Å². The van der Waals surface area contributed by atoms with Crippen molar-refractivity contribution < 1.29 is 23.0 Å². The molecule has 31 heavy (non-hydrogen) atoms. The third kappa shape index (κ3) is 6.67. The van der Waals surface area contributed by atoms with Gasteiger partial charge in [0, 0.05) is 22.6 Å². The molecule has 0 radical (unpaired) electrons. The molecule has 5 nitrogen and oxygen atoms in total. The fourth-order valence-corrected chi connectivity index (χ4v) is 4.55. The van der Waals surface area contributed by atoms with E-state index < -0.39 is 6.61 Å². The van der Waals surface area contributed by atoms with Gasteiger partial charge in [-0.25, -0.2) is 4.98 Å². The number of thiazole rings is 1. The third-order valence-corrected chi connectivity index (χ3v) is 6.25. The SMILES string of the molecule is COc1ccc(CCNC(=O)c2ccccc2SCc2csc(C)n2)cc1OC(F)F. The average Bonchev–Trinajstić information content (AvgIpc) is 3.17. The Labute approximate surface area is 187 Å². The number of hydrogen-bond acceptors (Lipinski definition) is 6. The summed E-state index contributed by atoms with van der Waals surface area (Å²) in [5.41, 5.74) is 2.33. The predicted molar refractivity (Wildman–Crippen MR) is 119 cm³/mol. The molecule has 0 saturated carbocycles. The van der Waals surface area contributed by atoms with Crippen molar-refractivity contribution in [2.24, 2.45) is 0 Å². The number of hydrogen-bond donors (Lipinski definition) is 1. The molecule has 1 aromatic heterocycles. The molecule has 0 spiro atoms. The maximum atomic E-state index is 12.7. The number of nitrogens with zero attached hydrogens (tertiary/aromatic N) is 1. The predicted octanol–water partition coefficient (Wildman–Crippen LogP) is 5.33. The molecule has 0 aliphatic heterocycles. The number of carbonyl (C=O) groups is 1. The van der Waals surface area contributed by atoms with Gasteiger partial charge in [-0.15, -0.1) is 23.1 Å². The molecule has 2 aromatic carbocycles. The lowest BCUT2D eigenvalue weighted by molar-refractivity contribution is -0.0512. The number of nitrogens with one attached hydrogen (secondary N) is 1. The molecule has 0 unspecified atom stereocenters. The van der Waals surface area contributed by atoms with Crippen molar-refractivity contribution >= 4 is 29.0 Å². The molecule has 0 atom stereocenters. The molecule has 0 aliphatic carbocycles. The van der Waals surface area contributed by atoms with Crippen LogP contribution in [0.1, 0.15) is 26.6 Å². The summed E-state index contributed by atoms with van der Waals surface area (Å²) in [7, 11) is 1.39. The molecule has 0 fully saturated rings. The number of carbonyl (C=O) groups excluding carboxylic acids is 1. The van der Waals surface area contributed by atoms with Crippen LogP contribution in [0.15, 0.2) is 52.7 Å². The fourth-order valence-electron chi connectivity index (χ4n) is 2.89. The van der Waals surface area contributed by atoms with Gasteiger partial charge < -0.3 is 14.8 Å². The standard InChI is InChI=1S/C22H22F2N2O3S2/c1-14-26-16(12-30-14)13-31-20-6-4-3-5-17(20)21(27)25-10-9-15-7-8-18(28-2)19(11-15)29-22(23)24/h3-8,11-12,22H,9-10,13H2,1-2H3,(H,25,27). The summed E-state index contributed by atoms with van der Waals surface area (Å²) in [6.07, 6.45) is 0.461. The highest BCUT2D eigenvalue weighted by Gasteiger charge is 2.13. The summed E-state index contributed by atoms with van der Waals surface area (Å²) < 4.78 is 34.7. The van der Waals surface area contributed by atoms with E-state index in [1.807, 2.05) is 30.5 Å². The van der Waals surface area contributed by atoms with E-state index in [-0.39, 0.29) is 17.4 Å². The Hall–Kier alpha value is -2.65. The number of benzene rings is 2. The second-order valence-corrected chi connectivity index (χ2v) is 8.59. The minimum atomic E-state index is -2.94. The van der Waals surface area contributed by atoms with Crippen molar-refractivity contribution in [3.8, 4) is 11.5 Å². The van der Waals surface area contributed by atoms with Crippen LogP contribution in [0.4, 0.5) is 8.78 Å². The van der Waals surface area contributed by atoms with Gasteiger partial charge in [-0.3, -0.25) is 4.79 Å². The molecule has 9 heteroatoms. The highest BCUT2D eigenvalue weighted by atomic mass is 32.2. The number of aromatic nitrogens is 1. The van der Waals surface area contributed by atoms with Crippen molar-refractivity contribution in [2.75, 3.05) is 13.7 Å². The molecule has 0 bridgehead atoms. The first kappa shape index (κ1) is 23.0. The van der Waals surface area contributed by atoms with Crippen LogP contribution in [0.3, 0.4) is 0 Å². The number of thioether (sulfide) groups is 1. The van der Waals surface area contributed by atoms with Crippen molar-refractivity contribution in [3.63, 3.8) is 0 Å². The topological polar surface area (TPSA) is 60.5 Å². The molecular formula is C22H22F2N2O3S2. The number of halogens is 2. The molecule has 1 amide bonds. The molecular weight excluding hydrogens is 442 g/mol. The van der Waals surface area contributed by atoms with Crippen LogP contribution in [0.5, 0.6) is 11.5 Å². The highest BCUT2D eigenvalue weighted by molar-refractivity contribution is 7.98. The lowest BCUT2D eigenvalue weighted by Crippen LogP contribution is -2.26. The van der Waals surface area contributed by atoms with Crippen LogP contribution in [-0.4, -0.2) is 31.2 Å². The zero-order chi connectivity index (χ0) is 22.2. The summed E-state index contributed by atoms with van der Waals surface area (Å²) in [5.74, 6) is 0.706. The average molecular weight is 465 g/mol. The van der Waals surface area contributed by atoms with Gasteiger partial charge in [0.1, 0.15) is 0 Å². The number of ether oxygens (including phenoxy) is 2. The minimum Gasteiger partial charge on any atom is -0.493 e. The van der Waals surface area contributed by atoms with Crippen LogP contribution in [0.2, 0.25) is 0 Å². The normalized spacial score (nSPS) is 10.9. The maximum Gasteiger partial charge on any atom is 0.387 e. The van der Waals surface area contributed by atoms with Gasteiger partial charge in [0.2, 0.25) is 0 Å². The molecule has 3 aromatic rings. The first-order valence-electron chi connectivity index (χ1n) is 9.49. The molecule has 0 aliphatic rings. The lowest BCUT2D eigenvalue weighted by Gasteiger charge is -2.12. The molecule has 0 saturated heterocycles. The van der Waals surface area contributed by atoms with Crippen molar-refractivity contribution in [1.82, 2.24) is 10.3 Å². The largest absolute Gasteiger partial charge is 0.493 e. The van der Waals surface area contributed by atoms with Gasteiger partial charge in [-0.05, 0) is 43.2 Å². The van der Waals surface area contributed by atoms with Crippen LogP contribution in [-0.2, 0) is 12.2 Å². The smallest absolute Gasteiger partial charge is 0.387 e. The first-order chi connectivity index (χ1) is 15.0. The molecule has 3 rings (SSSR count). The van der Waals surface area contributed by atoms with Crippen molar-refractivity contribution in [2.45, 2.75) is 30.6 Å². The second kappa shape index (κ2) is 11.1. The van der Waals surface area contributed by atoms with Gasteiger partial charge in [0.25, 0.3) is 5.91 Å². The summed E-state index contributed by atoms with van der Waals surface area (Å²) in [6.45, 7) is -0.624. The molecule has 1 N–H and O–H groups in total. The van der Waals surface area contributed by atoms with Crippen LogP contribution in [0, 0.1) is 6.92 Å². The Balaban J connectivity index is 1.59. The molecule has 164 valence electrons. The minimum absolute atomic E-state index is 0.0275. The third-order valence-electron chi connectivity index (χ3n) is 4.32. The summed E-state index contributed by atoms with van der Waals surface area (Å²) in [4.78, 5) is 18.0. The summed E-state index contributed by atoms with van der Waals surface area (Å²) >= 11 is 3.17. The molecule has 1 heterocycles. The second-order valence-electron chi connectivity index (χ2n) is 6.51. The number of amides is 1. The Morgan fingerprint density at radius 1 is 1.23 bits per heavy atom. The van der Waals surface area contributed by atoms with E-state index in [1.165, 1.54) is 13.2 Å². The number of aryl methyl sites for hydroxylation is 1. The van der Waals surface area contributed by atoms with Crippen molar-refractivity contribution in [3.05, 3.63) is 69.7 Å². The van der Waals surface area contributed by atoms with Gasteiger partial charge in [0.05, 0.1) is 23.4 Å². The van der Waals surface area contributed by atoms with Gasteiger partial charge >= 0.3 is 6.61 Å². The zero-order valence-corrected chi connectivity index (χ0v) is 18.7. The quantitative estimate of drug-likeness (QED) is 0.411. The Kier molecular flexibility index (Phi) is 8.25. The monoisotopic (exact) mass is 464 g/mol. The van der Waals surface area contributed by atoms with E-state index in [0.717, 1.165) is 21.2 Å². The Morgan fingerprint density at radius 3 is 2.74 bits per heavy atom. The van der Waals surface area contributed by atoms with Crippen molar-refractivity contribution in [1.29, 1.82) is 0 Å². The van der Waals surface area contributed by atoms with Gasteiger partial charge in [0.15, 0.2) is 11.5 Å².